The number of nitrogens with zero attached hydrogens (tertiary/aromatic N) is 1. The number of rotatable bonds is 2. The summed E-state index contributed by atoms with van der Waals surface area (Å²) in [6.07, 6.45) is 9.32. The minimum atomic E-state index is 0.0180. The second-order valence-electron chi connectivity index (χ2n) is 4.06. The summed E-state index contributed by atoms with van der Waals surface area (Å²) in [5, 5.41) is 12.1. The molecule has 1 unspecified atom stereocenters. The molecule has 1 rings (SSSR count). The van der Waals surface area contributed by atoms with Crippen molar-refractivity contribution in [1.29, 1.82) is 5.26 Å². The summed E-state index contributed by atoms with van der Waals surface area (Å²) in [6, 6.07) is 2.85. The van der Waals surface area contributed by atoms with Crippen LogP contribution in [-0.4, -0.2) is 12.1 Å². The van der Waals surface area contributed by atoms with E-state index in [9.17, 15) is 0 Å². The fraction of sp³-hybridized carbons (Fsp3) is 0.909. The summed E-state index contributed by atoms with van der Waals surface area (Å²) >= 11 is 0. The van der Waals surface area contributed by atoms with Crippen LogP contribution in [0.1, 0.15) is 51.9 Å². The van der Waals surface area contributed by atoms with Gasteiger partial charge in [0.2, 0.25) is 0 Å². The van der Waals surface area contributed by atoms with Gasteiger partial charge in [-0.1, -0.05) is 32.1 Å². The van der Waals surface area contributed by atoms with Crippen LogP contribution in [0, 0.1) is 11.3 Å². The van der Waals surface area contributed by atoms with E-state index in [2.05, 4.69) is 11.4 Å². The first-order valence-electron chi connectivity index (χ1n) is 5.48. The van der Waals surface area contributed by atoms with Crippen molar-refractivity contribution in [3.8, 4) is 6.07 Å². The van der Waals surface area contributed by atoms with Gasteiger partial charge in [-0.3, -0.25) is 5.32 Å². The average Bonchev–Trinajstić information content (AvgIpc) is 2.09. The molecule has 0 aliphatic heterocycles. The topological polar surface area (TPSA) is 35.8 Å². The van der Waals surface area contributed by atoms with E-state index in [0.29, 0.717) is 6.04 Å². The summed E-state index contributed by atoms with van der Waals surface area (Å²) in [6.45, 7) is 1.94. The molecule has 1 saturated carbocycles. The summed E-state index contributed by atoms with van der Waals surface area (Å²) in [7, 11) is 0. The van der Waals surface area contributed by atoms with Crippen LogP contribution in [0.2, 0.25) is 0 Å². The SMILES string of the molecule is CC(C#N)NC1CCCCCCC1. The molecule has 74 valence electrons. The van der Waals surface area contributed by atoms with Gasteiger partial charge >= 0.3 is 0 Å². The third kappa shape index (κ3) is 4.28. The first-order chi connectivity index (χ1) is 6.33. The molecule has 0 aromatic heterocycles. The zero-order valence-electron chi connectivity index (χ0n) is 8.55. The van der Waals surface area contributed by atoms with Gasteiger partial charge in [-0.25, -0.2) is 0 Å². The van der Waals surface area contributed by atoms with Crippen LogP contribution in [0.4, 0.5) is 0 Å². The molecule has 2 nitrogen and oxygen atoms in total. The van der Waals surface area contributed by atoms with Crippen LogP contribution in [0.25, 0.3) is 0 Å². The molecule has 0 aromatic carbocycles. The standard InChI is InChI=1S/C11H20N2/c1-10(9-12)13-11-7-5-3-2-4-6-8-11/h10-11,13H,2-8H2,1H3. The quantitative estimate of drug-likeness (QED) is 0.709. The van der Waals surface area contributed by atoms with Crippen molar-refractivity contribution in [2.75, 3.05) is 0 Å². The Morgan fingerprint density at radius 3 is 2.23 bits per heavy atom. The maximum atomic E-state index is 8.68. The Labute approximate surface area is 81.3 Å². The van der Waals surface area contributed by atoms with Gasteiger partial charge < -0.3 is 0 Å². The van der Waals surface area contributed by atoms with Gasteiger partial charge in [-0.2, -0.15) is 5.26 Å². The normalized spacial score (nSPS) is 22.8. The lowest BCUT2D eigenvalue weighted by molar-refractivity contribution is 0.380. The molecule has 1 aliphatic rings. The lowest BCUT2D eigenvalue weighted by atomic mass is 9.96. The van der Waals surface area contributed by atoms with Crippen molar-refractivity contribution in [2.24, 2.45) is 0 Å². The molecule has 1 N–H and O–H groups in total. The van der Waals surface area contributed by atoms with Crippen LogP contribution in [0.15, 0.2) is 0 Å². The van der Waals surface area contributed by atoms with E-state index in [1.165, 1.54) is 44.9 Å². The van der Waals surface area contributed by atoms with Crippen LogP contribution in [0.3, 0.4) is 0 Å². The zero-order chi connectivity index (χ0) is 9.52. The second-order valence-corrected chi connectivity index (χ2v) is 4.06. The Bertz CT molecular complexity index is 163. The minimum Gasteiger partial charge on any atom is -0.299 e. The smallest absolute Gasteiger partial charge is 0.0926 e. The largest absolute Gasteiger partial charge is 0.299 e. The third-order valence-electron chi connectivity index (χ3n) is 2.78. The first-order valence-corrected chi connectivity index (χ1v) is 5.48. The van der Waals surface area contributed by atoms with Crippen molar-refractivity contribution < 1.29 is 0 Å². The van der Waals surface area contributed by atoms with Gasteiger partial charge in [-0.15, -0.1) is 0 Å². The van der Waals surface area contributed by atoms with E-state index >= 15 is 0 Å². The predicted octanol–water partition coefficient (Wildman–Crippen LogP) is 2.60. The Kier molecular flexibility index (Phi) is 4.85. The van der Waals surface area contributed by atoms with Crippen molar-refractivity contribution >= 4 is 0 Å². The number of hydrogen-bond acceptors (Lipinski definition) is 2. The molecule has 0 heterocycles. The highest BCUT2D eigenvalue weighted by atomic mass is 14.9. The monoisotopic (exact) mass is 180 g/mol. The van der Waals surface area contributed by atoms with E-state index in [1.807, 2.05) is 6.92 Å². The van der Waals surface area contributed by atoms with Crippen LogP contribution in [-0.2, 0) is 0 Å². The number of hydrogen-bond donors (Lipinski definition) is 1. The van der Waals surface area contributed by atoms with Crippen molar-refractivity contribution in [1.82, 2.24) is 5.32 Å². The zero-order valence-corrected chi connectivity index (χ0v) is 8.55. The highest BCUT2D eigenvalue weighted by Gasteiger charge is 2.12. The van der Waals surface area contributed by atoms with Crippen LogP contribution in [0.5, 0.6) is 0 Å². The molecular formula is C11H20N2. The average molecular weight is 180 g/mol. The van der Waals surface area contributed by atoms with Crippen LogP contribution < -0.4 is 5.32 Å². The highest BCUT2D eigenvalue weighted by Crippen LogP contribution is 2.17. The van der Waals surface area contributed by atoms with E-state index in [-0.39, 0.29) is 6.04 Å². The second kappa shape index (κ2) is 5.99. The molecular weight excluding hydrogens is 160 g/mol. The molecule has 1 atom stereocenters. The van der Waals surface area contributed by atoms with Gasteiger partial charge in [0, 0.05) is 6.04 Å². The molecule has 2 heteroatoms. The van der Waals surface area contributed by atoms with E-state index in [1.54, 1.807) is 0 Å². The van der Waals surface area contributed by atoms with Crippen molar-refractivity contribution in [2.45, 2.75) is 64.0 Å². The lowest BCUT2D eigenvalue weighted by Gasteiger charge is -2.22. The van der Waals surface area contributed by atoms with E-state index in [4.69, 9.17) is 5.26 Å². The molecule has 1 aliphatic carbocycles. The van der Waals surface area contributed by atoms with Crippen LogP contribution >= 0.6 is 0 Å². The number of nitriles is 1. The molecule has 1 fully saturated rings. The Hall–Kier alpha value is -0.550. The molecule has 13 heavy (non-hydrogen) atoms. The highest BCUT2D eigenvalue weighted by molar-refractivity contribution is 4.88. The Morgan fingerprint density at radius 2 is 1.69 bits per heavy atom. The summed E-state index contributed by atoms with van der Waals surface area (Å²) in [5.74, 6) is 0. The van der Waals surface area contributed by atoms with E-state index in [0.717, 1.165) is 0 Å². The molecule has 0 spiro atoms. The van der Waals surface area contributed by atoms with Gasteiger partial charge in [0.15, 0.2) is 0 Å². The summed E-state index contributed by atoms with van der Waals surface area (Å²) in [5.41, 5.74) is 0. The Morgan fingerprint density at radius 1 is 1.15 bits per heavy atom. The Balaban J connectivity index is 2.26. The molecule has 0 aromatic rings. The lowest BCUT2D eigenvalue weighted by Crippen LogP contribution is -2.36. The van der Waals surface area contributed by atoms with Gasteiger partial charge in [0.25, 0.3) is 0 Å². The summed E-state index contributed by atoms with van der Waals surface area (Å²) < 4.78 is 0. The van der Waals surface area contributed by atoms with Gasteiger partial charge in [0.1, 0.15) is 0 Å². The molecule has 0 radical (unpaired) electrons. The van der Waals surface area contributed by atoms with Crippen molar-refractivity contribution in [3.05, 3.63) is 0 Å². The minimum absolute atomic E-state index is 0.0180. The summed E-state index contributed by atoms with van der Waals surface area (Å²) in [4.78, 5) is 0. The van der Waals surface area contributed by atoms with Gasteiger partial charge in [0.05, 0.1) is 12.1 Å². The number of nitrogens with one attached hydrogen (secondary N) is 1. The van der Waals surface area contributed by atoms with Gasteiger partial charge in [-0.05, 0) is 19.8 Å². The molecule has 0 bridgehead atoms. The van der Waals surface area contributed by atoms with Crippen molar-refractivity contribution in [3.63, 3.8) is 0 Å². The molecule has 0 saturated heterocycles. The van der Waals surface area contributed by atoms with E-state index < -0.39 is 0 Å². The fourth-order valence-electron chi connectivity index (χ4n) is 2.01. The predicted molar refractivity (Wildman–Crippen MR) is 54.3 cm³/mol. The maximum absolute atomic E-state index is 8.68. The molecule has 0 amide bonds. The third-order valence-corrected chi connectivity index (χ3v) is 2.78. The first kappa shape index (κ1) is 10.5. The fourth-order valence-corrected chi connectivity index (χ4v) is 2.01. The maximum Gasteiger partial charge on any atom is 0.0926 e.